The number of amides is 1. The van der Waals surface area contributed by atoms with Gasteiger partial charge in [0.2, 0.25) is 0 Å². The van der Waals surface area contributed by atoms with E-state index in [1.165, 1.54) is 4.90 Å². The van der Waals surface area contributed by atoms with Crippen LogP contribution in [0.1, 0.15) is 43.1 Å². The molecule has 1 atom stereocenters. The van der Waals surface area contributed by atoms with Crippen molar-refractivity contribution in [2.45, 2.75) is 44.8 Å². The first-order valence-electron chi connectivity index (χ1n) is 7.16. The van der Waals surface area contributed by atoms with Gasteiger partial charge in [-0.1, -0.05) is 0 Å². The lowest BCUT2D eigenvalue weighted by atomic mass is 9.98. The van der Waals surface area contributed by atoms with Gasteiger partial charge in [0.05, 0.1) is 11.1 Å². The van der Waals surface area contributed by atoms with Gasteiger partial charge in [-0.05, 0) is 37.6 Å². The number of benzene rings is 1. The average Bonchev–Trinajstić information content (AvgIpc) is 2.44. The molecule has 1 amide bonds. The first-order chi connectivity index (χ1) is 10.9. The van der Waals surface area contributed by atoms with Crippen LogP contribution in [0.2, 0.25) is 0 Å². The lowest BCUT2D eigenvalue weighted by molar-refractivity contribution is -0.143. The number of ether oxygens (including phenoxy) is 1. The summed E-state index contributed by atoms with van der Waals surface area (Å²) in [6, 6.07) is 1.07. The molecule has 0 spiro atoms. The van der Waals surface area contributed by atoms with Gasteiger partial charge in [0.1, 0.15) is 6.10 Å². The fourth-order valence-electron chi connectivity index (χ4n) is 2.46. The second-order valence-corrected chi connectivity index (χ2v) is 5.79. The van der Waals surface area contributed by atoms with Crippen molar-refractivity contribution < 1.29 is 35.9 Å². The Labute approximate surface area is 134 Å². The Kier molecular flexibility index (Phi) is 4.74. The highest BCUT2D eigenvalue weighted by Crippen LogP contribution is 2.39. The topological polar surface area (TPSA) is 29.5 Å². The summed E-state index contributed by atoms with van der Waals surface area (Å²) in [5.74, 6) is 0. The molecule has 1 aliphatic rings. The number of nitrogens with zero attached hydrogens (tertiary/aromatic N) is 1. The standard InChI is InChI=1S/C15H15F6NO2/c1-8(2)22-4-3-12(24-13(22)23)9-5-10(14(16,17)18)7-11(6-9)15(19,20)21/h5-8,12H,3-4H2,1-2H3/t12-/m0/s1. The molecule has 24 heavy (non-hydrogen) atoms. The summed E-state index contributed by atoms with van der Waals surface area (Å²) in [6.45, 7) is 3.65. The normalized spacial score (nSPS) is 19.6. The number of carbonyl (C=O) groups excluding carboxylic acids is 1. The van der Waals surface area contributed by atoms with Crippen molar-refractivity contribution in [1.29, 1.82) is 0 Å². The van der Waals surface area contributed by atoms with Gasteiger partial charge in [-0.25, -0.2) is 4.79 Å². The average molecular weight is 355 g/mol. The van der Waals surface area contributed by atoms with Crippen molar-refractivity contribution in [3.63, 3.8) is 0 Å². The third kappa shape index (κ3) is 3.93. The summed E-state index contributed by atoms with van der Waals surface area (Å²) in [4.78, 5) is 13.2. The van der Waals surface area contributed by atoms with Crippen molar-refractivity contribution in [2.24, 2.45) is 0 Å². The zero-order valence-electron chi connectivity index (χ0n) is 12.8. The fraction of sp³-hybridized carbons (Fsp3) is 0.533. The smallest absolute Gasteiger partial charge is 0.416 e. The zero-order valence-corrected chi connectivity index (χ0v) is 12.8. The summed E-state index contributed by atoms with van der Waals surface area (Å²) in [6.07, 6.45) is -11.7. The van der Waals surface area contributed by atoms with Crippen LogP contribution in [0.15, 0.2) is 18.2 Å². The summed E-state index contributed by atoms with van der Waals surface area (Å²) in [5, 5.41) is 0. The molecule has 0 N–H and O–H groups in total. The highest BCUT2D eigenvalue weighted by molar-refractivity contribution is 5.69. The minimum absolute atomic E-state index is 0.0502. The van der Waals surface area contributed by atoms with Crippen LogP contribution < -0.4 is 0 Å². The van der Waals surface area contributed by atoms with Crippen LogP contribution in [0.4, 0.5) is 31.1 Å². The van der Waals surface area contributed by atoms with Gasteiger partial charge in [-0.15, -0.1) is 0 Å². The SMILES string of the molecule is CC(C)N1CC[C@@H](c2cc(C(F)(F)F)cc(C(F)(F)F)c2)OC1=O. The fourth-order valence-corrected chi connectivity index (χ4v) is 2.46. The van der Waals surface area contributed by atoms with E-state index in [0.717, 1.165) is 0 Å². The van der Waals surface area contributed by atoms with Crippen molar-refractivity contribution in [2.75, 3.05) is 6.54 Å². The lowest BCUT2D eigenvalue weighted by Crippen LogP contribution is -2.43. The molecule has 1 aromatic carbocycles. The van der Waals surface area contributed by atoms with Crippen LogP contribution in [0.5, 0.6) is 0 Å². The number of halogens is 6. The molecule has 0 aromatic heterocycles. The van der Waals surface area contributed by atoms with E-state index in [1.54, 1.807) is 13.8 Å². The Balaban J connectivity index is 2.38. The molecule has 0 saturated carbocycles. The molecular formula is C15H15F6NO2. The van der Waals surface area contributed by atoms with Gasteiger partial charge in [0.15, 0.2) is 0 Å². The predicted molar refractivity (Wildman–Crippen MR) is 72.1 cm³/mol. The summed E-state index contributed by atoms with van der Waals surface area (Å²) in [5.41, 5.74) is -3.15. The number of hydrogen-bond acceptors (Lipinski definition) is 2. The molecule has 2 rings (SSSR count). The Morgan fingerprint density at radius 2 is 1.54 bits per heavy atom. The second-order valence-electron chi connectivity index (χ2n) is 5.79. The Morgan fingerprint density at radius 1 is 1.04 bits per heavy atom. The molecule has 3 nitrogen and oxygen atoms in total. The second kappa shape index (κ2) is 6.18. The van der Waals surface area contributed by atoms with Gasteiger partial charge in [0, 0.05) is 19.0 Å². The van der Waals surface area contributed by atoms with E-state index in [4.69, 9.17) is 4.74 Å². The Hall–Kier alpha value is -1.93. The van der Waals surface area contributed by atoms with E-state index in [0.29, 0.717) is 12.1 Å². The molecule has 1 fully saturated rings. The van der Waals surface area contributed by atoms with Gasteiger partial charge in [0.25, 0.3) is 0 Å². The molecule has 0 aliphatic carbocycles. The number of carbonyl (C=O) groups is 1. The van der Waals surface area contributed by atoms with Crippen LogP contribution in [-0.2, 0) is 17.1 Å². The largest absolute Gasteiger partial charge is 0.441 e. The number of alkyl halides is 6. The van der Waals surface area contributed by atoms with Crippen molar-refractivity contribution >= 4 is 6.09 Å². The molecule has 0 unspecified atom stereocenters. The van der Waals surface area contributed by atoms with E-state index in [1.807, 2.05) is 0 Å². The van der Waals surface area contributed by atoms with Crippen LogP contribution in [-0.4, -0.2) is 23.6 Å². The van der Waals surface area contributed by atoms with Crippen molar-refractivity contribution in [1.82, 2.24) is 4.90 Å². The van der Waals surface area contributed by atoms with E-state index >= 15 is 0 Å². The van der Waals surface area contributed by atoms with Crippen LogP contribution in [0, 0.1) is 0 Å². The number of rotatable bonds is 2. The molecule has 1 aromatic rings. The first-order valence-corrected chi connectivity index (χ1v) is 7.16. The van der Waals surface area contributed by atoms with Gasteiger partial charge in [-0.3, -0.25) is 0 Å². The van der Waals surface area contributed by atoms with Crippen LogP contribution in [0.3, 0.4) is 0 Å². The third-order valence-corrected chi connectivity index (χ3v) is 3.71. The van der Waals surface area contributed by atoms with E-state index < -0.39 is 35.7 Å². The van der Waals surface area contributed by atoms with Gasteiger partial charge >= 0.3 is 18.4 Å². The van der Waals surface area contributed by atoms with Crippen LogP contribution in [0.25, 0.3) is 0 Å². The minimum atomic E-state index is -4.93. The molecule has 0 radical (unpaired) electrons. The number of cyclic esters (lactones) is 1. The van der Waals surface area contributed by atoms with E-state index in [9.17, 15) is 31.1 Å². The molecular weight excluding hydrogens is 340 g/mol. The number of hydrogen-bond donors (Lipinski definition) is 0. The quantitative estimate of drug-likeness (QED) is 0.698. The minimum Gasteiger partial charge on any atom is -0.441 e. The molecule has 0 bridgehead atoms. The van der Waals surface area contributed by atoms with Crippen LogP contribution >= 0.6 is 0 Å². The van der Waals surface area contributed by atoms with E-state index in [-0.39, 0.29) is 30.6 Å². The highest BCUT2D eigenvalue weighted by Gasteiger charge is 2.39. The first kappa shape index (κ1) is 18.4. The Morgan fingerprint density at radius 3 is 1.92 bits per heavy atom. The maximum atomic E-state index is 12.9. The maximum absolute atomic E-state index is 12.9. The lowest BCUT2D eigenvalue weighted by Gasteiger charge is -2.34. The summed E-state index contributed by atoms with van der Waals surface area (Å²) < 4.78 is 82.2. The van der Waals surface area contributed by atoms with E-state index in [2.05, 4.69) is 0 Å². The highest BCUT2D eigenvalue weighted by atomic mass is 19.4. The molecule has 1 heterocycles. The predicted octanol–water partition coefficient (Wildman–Crippen LogP) is 5.02. The third-order valence-electron chi connectivity index (χ3n) is 3.71. The zero-order chi connectivity index (χ0) is 18.3. The molecule has 1 aliphatic heterocycles. The molecule has 134 valence electrons. The van der Waals surface area contributed by atoms with Crippen molar-refractivity contribution in [3.05, 3.63) is 34.9 Å². The molecule has 1 saturated heterocycles. The monoisotopic (exact) mass is 355 g/mol. The summed E-state index contributed by atoms with van der Waals surface area (Å²) in [7, 11) is 0. The van der Waals surface area contributed by atoms with Gasteiger partial charge < -0.3 is 9.64 Å². The maximum Gasteiger partial charge on any atom is 0.416 e. The Bertz CT molecular complexity index is 591. The van der Waals surface area contributed by atoms with Crippen molar-refractivity contribution in [3.8, 4) is 0 Å². The molecule has 9 heteroatoms. The summed E-state index contributed by atoms with van der Waals surface area (Å²) >= 11 is 0. The van der Waals surface area contributed by atoms with Gasteiger partial charge in [-0.2, -0.15) is 26.3 Å².